The van der Waals surface area contributed by atoms with E-state index in [0.29, 0.717) is 13.0 Å². The predicted molar refractivity (Wildman–Crippen MR) is 81.5 cm³/mol. The topological polar surface area (TPSA) is 89.7 Å². The summed E-state index contributed by atoms with van der Waals surface area (Å²) in [4.78, 5) is 11.7. The number of carbonyl (C=O) groups is 1. The third-order valence-corrected chi connectivity index (χ3v) is 5.13. The molecule has 0 saturated carbocycles. The number of nitrogen functional groups attached to an aromatic ring is 1. The Kier molecular flexibility index (Phi) is 5.74. The van der Waals surface area contributed by atoms with Crippen LogP contribution in [0.3, 0.4) is 0 Å². The van der Waals surface area contributed by atoms with E-state index in [0.717, 1.165) is 0 Å². The molecule has 118 valence electrons. The number of hydrogen-bond donors (Lipinski definition) is 1. The van der Waals surface area contributed by atoms with E-state index in [1.165, 1.54) is 29.6 Å². The van der Waals surface area contributed by atoms with Crippen molar-refractivity contribution in [2.24, 2.45) is 0 Å². The van der Waals surface area contributed by atoms with Gasteiger partial charge < -0.3 is 10.5 Å². The van der Waals surface area contributed by atoms with Crippen LogP contribution in [0.15, 0.2) is 23.1 Å². The number of rotatable bonds is 6. The molecule has 21 heavy (non-hydrogen) atoms. The summed E-state index contributed by atoms with van der Waals surface area (Å²) in [6.07, 6.45) is 0.674. The molecule has 1 aromatic rings. The number of methoxy groups -OCH3 is 1. The molecule has 0 saturated heterocycles. The van der Waals surface area contributed by atoms with E-state index < -0.39 is 16.0 Å². The lowest BCUT2D eigenvalue weighted by molar-refractivity contribution is 0.0596. The molecule has 1 rings (SSSR count). The Hall–Kier alpha value is -1.60. The summed E-state index contributed by atoms with van der Waals surface area (Å²) in [5.74, 6) is -0.700. The van der Waals surface area contributed by atoms with Crippen molar-refractivity contribution >= 4 is 21.7 Å². The van der Waals surface area contributed by atoms with Crippen LogP contribution in [0.2, 0.25) is 0 Å². The zero-order chi connectivity index (χ0) is 16.2. The highest BCUT2D eigenvalue weighted by Crippen LogP contribution is 2.25. The van der Waals surface area contributed by atoms with E-state index >= 15 is 0 Å². The summed E-state index contributed by atoms with van der Waals surface area (Å²) < 4.78 is 31.6. The number of ether oxygens (including phenoxy) is 1. The van der Waals surface area contributed by atoms with Gasteiger partial charge in [0.15, 0.2) is 0 Å². The van der Waals surface area contributed by atoms with E-state index in [9.17, 15) is 13.2 Å². The van der Waals surface area contributed by atoms with Crippen molar-refractivity contribution in [3.05, 3.63) is 23.8 Å². The summed E-state index contributed by atoms with van der Waals surface area (Å²) in [6.45, 7) is 5.84. The number of esters is 1. The number of anilines is 1. The van der Waals surface area contributed by atoms with E-state index in [1.54, 1.807) is 13.8 Å². The van der Waals surface area contributed by atoms with Crippen LogP contribution in [-0.2, 0) is 14.8 Å². The lowest BCUT2D eigenvalue weighted by Gasteiger charge is -2.26. The van der Waals surface area contributed by atoms with Crippen LogP contribution in [0.4, 0.5) is 5.69 Å². The van der Waals surface area contributed by atoms with Crippen LogP contribution < -0.4 is 5.73 Å². The van der Waals surface area contributed by atoms with Gasteiger partial charge in [-0.2, -0.15) is 4.31 Å². The lowest BCUT2D eigenvalue weighted by atomic mass is 10.2. The van der Waals surface area contributed by atoms with Gasteiger partial charge in [0.05, 0.1) is 17.6 Å². The van der Waals surface area contributed by atoms with E-state index in [2.05, 4.69) is 4.74 Å². The first-order valence-corrected chi connectivity index (χ1v) is 8.19. The molecule has 2 N–H and O–H groups in total. The largest absolute Gasteiger partial charge is 0.465 e. The highest BCUT2D eigenvalue weighted by atomic mass is 32.2. The smallest absolute Gasteiger partial charge is 0.339 e. The summed E-state index contributed by atoms with van der Waals surface area (Å²) in [5.41, 5.74) is 5.95. The number of nitrogens with two attached hydrogens (primary N) is 1. The third-order valence-electron chi connectivity index (χ3n) is 3.02. The Balaban J connectivity index is 3.48. The molecule has 0 aliphatic carbocycles. The molecular weight excluding hydrogens is 292 g/mol. The fourth-order valence-corrected chi connectivity index (χ4v) is 3.98. The van der Waals surface area contributed by atoms with Crippen LogP contribution in [0, 0.1) is 0 Å². The van der Waals surface area contributed by atoms with Gasteiger partial charge in [-0.05, 0) is 38.5 Å². The van der Waals surface area contributed by atoms with Crippen LogP contribution >= 0.6 is 0 Å². The number of hydrogen-bond acceptors (Lipinski definition) is 5. The van der Waals surface area contributed by atoms with Gasteiger partial charge in [0.1, 0.15) is 0 Å². The zero-order valence-electron chi connectivity index (χ0n) is 12.8. The highest BCUT2D eigenvalue weighted by Gasteiger charge is 2.30. The lowest BCUT2D eigenvalue weighted by Crippen LogP contribution is -2.38. The van der Waals surface area contributed by atoms with E-state index in [-0.39, 0.29) is 22.2 Å². The monoisotopic (exact) mass is 314 g/mol. The first-order valence-electron chi connectivity index (χ1n) is 6.75. The Bertz CT molecular complexity index is 611. The molecule has 0 radical (unpaired) electrons. The fourth-order valence-electron chi connectivity index (χ4n) is 2.03. The van der Waals surface area contributed by atoms with Crippen molar-refractivity contribution in [1.29, 1.82) is 0 Å². The van der Waals surface area contributed by atoms with Crippen molar-refractivity contribution in [1.82, 2.24) is 4.31 Å². The normalized spacial score (nSPS) is 11.9. The minimum atomic E-state index is -3.82. The molecule has 0 fully saturated rings. The second kappa shape index (κ2) is 6.91. The number of carbonyl (C=O) groups excluding carboxylic acids is 1. The summed E-state index contributed by atoms with van der Waals surface area (Å²) in [7, 11) is -2.61. The molecule has 0 unspecified atom stereocenters. The summed E-state index contributed by atoms with van der Waals surface area (Å²) in [6, 6.07) is 3.93. The SMILES string of the molecule is CCCN(C(C)C)S(=O)(=O)c1cc(N)ccc1C(=O)OC. The number of nitrogens with zero attached hydrogens (tertiary/aromatic N) is 1. The van der Waals surface area contributed by atoms with Gasteiger partial charge >= 0.3 is 5.97 Å². The number of benzene rings is 1. The molecular formula is C14H22N2O4S. The molecule has 0 spiro atoms. The molecule has 0 atom stereocenters. The van der Waals surface area contributed by atoms with Gasteiger partial charge in [0.2, 0.25) is 10.0 Å². The van der Waals surface area contributed by atoms with Gasteiger partial charge in [-0.25, -0.2) is 13.2 Å². The molecule has 0 heterocycles. The maximum absolute atomic E-state index is 12.8. The van der Waals surface area contributed by atoms with E-state index in [4.69, 9.17) is 5.73 Å². The predicted octanol–water partition coefficient (Wildman–Crippen LogP) is 1.86. The van der Waals surface area contributed by atoms with Gasteiger partial charge in [0.25, 0.3) is 0 Å². The second-order valence-corrected chi connectivity index (χ2v) is 6.82. The summed E-state index contributed by atoms with van der Waals surface area (Å²) in [5, 5.41) is 0. The Morgan fingerprint density at radius 2 is 2.00 bits per heavy atom. The first-order chi connectivity index (χ1) is 9.75. The van der Waals surface area contributed by atoms with Gasteiger partial charge in [-0.15, -0.1) is 0 Å². The molecule has 6 nitrogen and oxygen atoms in total. The van der Waals surface area contributed by atoms with E-state index in [1.807, 2.05) is 6.92 Å². The Morgan fingerprint density at radius 1 is 1.38 bits per heavy atom. The highest BCUT2D eigenvalue weighted by molar-refractivity contribution is 7.89. The van der Waals surface area contributed by atoms with Crippen LogP contribution in [-0.4, -0.2) is 38.4 Å². The zero-order valence-corrected chi connectivity index (χ0v) is 13.6. The minimum absolute atomic E-state index is 0.00606. The van der Waals surface area contributed by atoms with Crippen molar-refractivity contribution in [2.45, 2.75) is 38.1 Å². The van der Waals surface area contributed by atoms with Gasteiger partial charge in [0, 0.05) is 18.3 Å². The first kappa shape index (κ1) is 17.5. The van der Waals surface area contributed by atoms with Crippen LogP contribution in [0.5, 0.6) is 0 Å². The average molecular weight is 314 g/mol. The maximum Gasteiger partial charge on any atom is 0.339 e. The molecule has 0 aromatic heterocycles. The fraction of sp³-hybridized carbons (Fsp3) is 0.500. The second-order valence-electron chi connectivity index (χ2n) is 4.96. The third kappa shape index (κ3) is 3.74. The van der Waals surface area contributed by atoms with Gasteiger partial charge in [-0.3, -0.25) is 0 Å². The maximum atomic E-state index is 12.8. The Labute approximate surface area is 125 Å². The number of sulfonamides is 1. The Morgan fingerprint density at radius 3 is 2.48 bits per heavy atom. The summed E-state index contributed by atoms with van der Waals surface area (Å²) >= 11 is 0. The van der Waals surface area contributed by atoms with Crippen molar-refractivity contribution < 1.29 is 17.9 Å². The van der Waals surface area contributed by atoms with Crippen LogP contribution in [0.25, 0.3) is 0 Å². The molecule has 0 bridgehead atoms. The molecule has 7 heteroatoms. The van der Waals surface area contributed by atoms with Crippen molar-refractivity contribution in [3.63, 3.8) is 0 Å². The van der Waals surface area contributed by atoms with Crippen molar-refractivity contribution in [2.75, 3.05) is 19.4 Å². The van der Waals surface area contributed by atoms with Crippen LogP contribution in [0.1, 0.15) is 37.6 Å². The molecule has 0 aliphatic heterocycles. The van der Waals surface area contributed by atoms with Gasteiger partial charge in [-0.1, -0.05) is 6.92 Å². The molecule has 0 aliphatic rings. The molecule has 1 aromatic carbocycles. The molecule has 0 amide bonds. The van der Waals surface area contributed by atoms with Crippen molar-refractivity contribution in [3.8, 4) is 0 Å². The minimum Gasteiger partial charge on any atom is -0.465 e. The standard InChI is InChI=1S/C14H22N2O4S/c1-5-8-16(10(2)3)21(18,19)13-9-11(15)6-7-12(13)14(17)20-4/h6-7,9-10H,5,8,15H2,1-4H3. The average Bonchev–Trinajstić information content (AvgIpc) is 2.43. The quantitative estimate of drug-likeness (QED) is 0.639.